The summed E-state index contributed by atoms with van der Waals surface area (Å²) in [6, 6.07) is 21.1. The highest BCUT2D eigenvalue weighted by molar-refractivity contribution is 7.21. The highest BCUT2D eigenvalue weighted by Gasteiger charge is 2.15. The molecule has 0 radical (unpaired) electrons. The van der Waals surface area contributed by atoms with Crippen molar-refractivity contribution in [3.05, 3.63) is 78.6 Å². The molecule has 28 heavy (non-hydrogen) atoms. The molecule has 0 bridgehead atoms. The molecule has 0 unspecified atom stereocenters. The predicted octanol–water partition coefficient (Wildman–Crippen LogP) is 5.51. The zero-order valence-electron chi connectivity index (χ0n) is 15.1. The van der Waals surface area contributed by atoms with E-state index < -0.39 is 6.10 Å². The van der Waals surface area contributed by atoms with E-state index in [1.54, 1.807) is 18.3 Å². The fraction of sp³-hybridized carbons (Fsp3) is 0.0909. The third-order valence-corrected chi connectivity index (χ3v) is 5.27. The lowest BCUT2D eigenvalue weighted by molar-refractivity contribution is -0.122. The van der Waals surface area contributed by atoms with Gasteiger partial charge in [-0.25, -0.2) is 9.37 Å². The van der Waals surface area contributed by atoms with Crippen LogP contribution >= 0.6 is 11.3 Å². The molecule has 0 saturated carbocycles. The molecule has 0 spiro atoms. The van der Waals surface area contributed by atoms with Crippen LogP contribution in [0.2, 0.25) is 0 Å². The van der Waals surface area contributed by atoms with E-state index in [1.807, 2.05) is 48.5 Å². The Morgan fingerprint density at radius 3 is 2.46 bits per heavy atom. The van der Waals surface area contributed by atoms with Crippen LogP contribution < -0.4 is 10.1 Å². The maximum absolute atomic E-state index is 12.9. The second-order valence-electron chi connectivity index (χ2n) is 6.27. The fourth-order valence-corrected chi connectivity index (χ4v) is 3.68. The van der Waals surface area contributed by atoms with Crippen LogP contribution in [0.4, 0.5) is 10.1 Å². The molecule has 0 aliphatic rings. The van der Waals surface area contributed by atoms with Crippen LogP contribution in [-0.2, 0) is 4.79 Å². The molecule has 0 fully saturated rings. The monoisotopic (exact) mass is 392 g/mol. The Hall–Kier alpha value is -3.25. The van der Waals surface area contributed by atoms with Crippen molar-refractivity contribution in [1.82, 2.24) is 4.98 Å². The molecule has 140 valence electrons. The smallest absolute Gasteiger partial charge is 0.265 e. The molecule has 4 aromatic rings. The lowest BCUT2D eigenvalue weighted by Gasteiger charge is -2.14. The first-order valence-electron chi connectivity index (χ1n) is 8.77. The van der Waals surface area contributed by atoms with Gasteiger partial charge in [-0.05, 0) is 67.6 Å². The lowest BCUT2D eigenvalue weighted by Crippen LogP contribution is -2.30. The van der Waals surface area contributed by atoms with Gasteiger partial charge in [0.1, 0.15) is 16.6 Å². The summed E-state index contributed by atoms with van der Waals surface area (Å²) in [6.45, 7) is 1.65. The number of thiazole rings is 1. The summed E-state index contributed by atoms with van der Waals surface area (Å²) in [5.41, 5.74) is 2.64. The number of halogens is 1. The summed E-state index contributed by atoms with van der Waals surface area (Å²) in [5, 5.41) is 3.76. The number of nitrogens with zero attached hydrogens (tertiary/aromatic N) is 1. The Morgan fingerprint density at radius 2 is 1.75 bits per heavy atom. The van der Waals surface area contributed by atoms with Crippen molar-refractivity contribution in [2.45, 2.75) is 13.0 Å². The largest absolute Gasteiger partial charge is 0.481 e. The van der Waals surface area contributed by atoms with Gasteiger partial charge in [-0.3, -0.25) is 4.79 Å². The van der Waals surface area contributed by atoms with E-state index in [2.05, 4.69) is 10.3 Å². The molecule has 4 rings (SSSR count). The Kier molecular flexibility index (Phi) is 5.04. The van der Waals surface area contributed by atoms with Gasteiger partial charge in [0.15, 0.2) is 6.10 Å². The summed E-state index contributed by atoms with van der Waals surface area (Å²) < 4.78 is 19.6. The molecule has 1 aromatic heterocycles. The molecule has 0 aliphatic carbocycles. The van der Waals surface area contributed by atoms with Crippen molar-refractivity contribution in [3.63, 3.8) is 0 Å². The number of hydrogen-bond donors (Lipinski definition) is 1. The van der Waals surface area contributed by atoms with E-state index >= 15 is 0 Å². The molecular formula is C22H17FN2O2S. The maximum atomic E-state index is 12.9. The molecule has 3 aromatic carbocycles. The molecule has 6 heteroatoms. The highest BCUT2D eigenvalue weighted by atomic mass is 32.1. The third-order valence-electron chi connectivity index (χ3n) is 4.19. The van der Waals surface area contributed by atoms with Gasteiger partial charge in [-0.2, -0.15) is 0 Å². The first-order valence-corrected chi connectivity index (χ1v) is 9.59. The maximum Gasteiger partial charge on any atom is 0.265 e. The second kappa shape index (κ2) is 7.78. The van der Waals surface area contributed by atoms with Crippen molar-refractivity contribution in [1.29, 1.82) is 0 Å². The summed E-state index contributed by atoms with van der Waals surface area (Å²) in [4.78, 5) is 17.0. The van der Waals surface area contributed by atoms with Gasteiger partial charge in [0, 0.05) is 11.3 Å². The van der Waals surface area contributed by atoms with E-state index in [0.29, 0.717) is 11.4 Å². The fourth-order valence-electron chi connectivity index (χ4n) is 2.71. The van der Waals surface area contributed by atoms with E-state index in [9.17, 15) is 9.18 Å². The van der Waals surface area contributed by atoms with Crippen molar-refractivity contribution in [2.75, 3.05) is 5.32 Å². The number of fused-ring (bicyclic) bond motifs is 1. The van der Waals surface area contributed by atoms with Crippen molar-refractivity contribution >= 4 is 33.1 Å². The number of aromatic nitrogens is 1. The number of para-hydroxylation sites is 1. The van der Waals surface area contributed by atoms with E-state index in [-0.39, 0.29) is 11.7 Å². The number of hydrogen-bond acceptors (Lipinski definition) is 4. The average Bonchev–Trinajstić information content (AvgIpc) is 3.14. The van der Waals surface area contributed by atoms with Gasteiger partial charge in [0.2, 0.25) is 0 Å². The molecule has 4 nitrogen and oxygen atoms in total. The Morgan fingerprint density at radius 1 is 1.04 bits per heavy atom. The molecule has 1 N–H and O–H groups in total. The van der Waals surface area contributed by atoms with E-state index in [1.165, 1.54) is 24.3 Å². The van der Waals surface area contributed by atoms with Crippen LogP contribution in [0, 0.1) is 5.82 Å². The average molecular weight is 392 g/mol. The van der Waals surface area contributed by atoms with Crippen molar-refractivity contribution < 1.29 is 13.9 Å². The quantitative estimate of drug-likeness (QED) is 0.487. The summed E-state index contributed by atoms with van der Waals surface area (Å²) in [7, 11) is 0. The highest BCUT2D eigenvalue weighted by Crippen LogP contribution is 2.30. The molecule has 1 heterocycles. The molecule has 0 saturated heterocycles. The van der Waals surface area contributed by atoms with Crippen molar-refractivity contribution in [2.24, 2.45) is 0 Å². The number of anilines is 1. The first kappa shape index (κ1) is 18.1. The third kappa shape index (κ3) is 4.02. The SMILES string of the molecule is C[C@@H](Oc1ccc(F)cc1)C(=O)Nc1ccc(-c2nc3ccccc3s2)cc1. The summed E-state index contributed by atoms with van der Waals surface area (Å²) in [6.07, 6.45) is -0.714. The summed E-state index contributed by atoms with van der Waals surface area (Å²) in [5.74, 6) is -0.190. The van der Waals surface area contributed by atoms with Gasteiger partial charge < -0.3 is 10.1 Å². The molecule has 1 atom stereocenters. The Bertz CT molecular complexity index is 1070. The Labute approximate surface area is 165 Å². The lowest BCUT2D eigenvalue weighted by atomic mass is 10.2. The van der Waals surface area contributed by atoms with Gasteiger partial charge in [0.05, 0.1) is 10.2 Å². The van der Waals surface area contributed by atoms with Crippen LogP contribution in [0.3, 0.4) is 0 Å². The van der Waals surface area contributed by atoms with Gasteiger partial charge in [-0.15, -0.1) is 11.3 Å². The molecule has 0 aliphatic heterocycles. The van der Waals surface area contributed by atoms with Crippen LogP contribution in [0.1, 0.15) is 6.92 Å². The number of rotatable bonds is 5. The van der Waals surface area contributed by atoms with Gasteiger partial charge >= 0.3 is 0 Å². The van der Waals surface area contributed by atoms with Gasteiger partial charge in [0.25, 0.3) is 5.91 Å². The van der Waals surface area contributed by atoms with Crippen LogP contribution in [0.15, 0.2) is 72.8 Å². The number of ether oxygens (including phenoxy) is 1. The zero-order valence-corrected chi connectivity index (χ0v) is 15.9. The second-order valence-corrected chi connectivity index (χ2v) is 7.30. The summed E-state index contributed by atoms with van der Waals surface area (Å²) >= 11 is 1.63. The first-order chi connectivity index (χ1) is 13.6. The minimum absolute atomic E-state index is 0.280. The molecule has 1 amide bonds. The number of benzene rings is 3. The Balaban J connectivity index is 1.42. The molecular weight excluding hydrogens is 375 g/mol. The standard InChI is InChI=1S/C22H17FN2O2S/c1-14(27-18-12-8-16(23)9-13-18)21(26)24-17-10-6-15(7-11-17)22-25-19-4-2-3-5-20(19)28-22/h2-14H,1H3,(H,24,26)/t14-/m1/s1. The number of carbonyl (C=O) groups excluding carboxylic acids is 1. The minimum Gasteiger partial charge on any atom is -0.481 e. The van der Waals surface area contributed by atoms with Crippen LogP contribution in [0.5, 0.6) is 5.75 Å². The minimum atomic E-state index is -0.714. The van der Waals surface area contributed by atoms with Gasteiger partial charge in [-0.1, -0.05) is 12.1 Å². The van der Waals surface area contributed by atoms with Crippen molar-refractivity contribution in [3.8, 4) is 16.3 Å². The van der Waals surface area contributed by atoms with Crippen LogP contribution in [0.25, 0.3) is 20.8 Å². The van der Waals surface area contributed by atoms with Crippen LogP contribution in [-0.4, -0.2) is 17.0 Å². The number of carbonyl (C=O) groups is 1. The number of nitrogens with one attached hydrogen (secondary N) is 1. The zero-order chi connectivity index (χ0) is 19.5. The predicted molar refractivity (Wildman–Crippen MR) is 110 cm³/mol. The topological polar surface area (TPSA) is 51.2 Å². The number of amides is 1. The normalized spacial score (nSPS) is 11.9. The van der Waals surface area contributed by atoms with E-state index in [0.717, 1.165) is 20.8 Å². The van der Waals surface area contributed by atoms with E-state index in [4.69, 9.17) is 4.74 Å².